The van der Waals surface area contributed by atoms with Crippen LogP contribution in [-0.4, -0.2) is 30.3 Å². The summed E-state index contributed by atoms with van der Waals surface area (Å²) in [5.41, 5.74) is 0. The van der Waals surface area contributed by atoms with Gasteiger partial charge in [0.1, 0.15) is 11.6 Å². The van der Waals surface area contributed by atoms with Crippen molar-refractivity contribution in [2.24, 2.45) is 5.92 Å². The largest absolute Gasteiger partial charge is 0.483 e. The van der Waals surface area contributed by atoms with Crippen molar-refractivity contribution < 1.29 is 19.0 Å². The summed E-state index contributed by atoms with van der Waals surface area (Å²) < 4.78 is 18.7. The van der Waals surface area contributed by atoms with Crippen molar-refractivity contribution in [2.45, 2.75) is 26.3 Å². The molecule has 112 valence electrons. The van der Waals surface area contributed by atoms with Gasteiger partial charge in [0.25, 0.3) is 5.91 Å². The normalized spacial score (nSPS) is 12.3. The summed E-state index contributed by atoms with van der Waals surface area (Å²) >= 11 is 3.17. The quantitative estimate of drug-likeness (QED) is 0.796. The van der Waals surface area contributed by atoms with Gasteiger partial charge < -0.3 is 15.2 Å². The number of carbonyl (C=O) groups is 1. The van der Waals surface area contributed by atoms with Crippen LogP contribution in [0.2, 0.25) is 0 Å². The van der Waals surface area contributed by atoms with Crippen molar-refractivity contribution in [3.63, 3.8) is 0 Å². The van der Waals surface area contributed by atoms with Gasteiger partial charge in [-0.1, -0.05) is 13.8 Å². The maximum atomic E-state index is 12.9. The van der Waals surface area contributed by atoms with E-state index in [0.29, 0.717) is 16.6 Å². The smallest absolute Gasteiger partial charge is 0.258 e. The van der Waals surface area contributed by atoms with Crippen LogP contribution in [0, 0.1) is 11.7 Å². The van der Waals surface area contributed by atoms with Crippen LogP contribution in [-0.2, 0) is 4.79 Å². The Morgan fingerprint density at radius 2 is 2.20 bits per heavy atom. The Kier molecular flexibility index (Phi) is 6.95. The first-order valence-electron chi connectivity index (χ1n) is 6.42. The highest BCUT2D eigenvalue weighted by molar-refractivity contribution is 9.10. The Bertz CT molecular complexity index is 454. The number of rotatable bonds is 7. The Labute approximate surface area is 126 Å². The Hall–Kier alpha value is -1.14. The molecule has 1 aromatic rings. The van der Waals surface area contributed by atoms with Gasteiger partial charge in [0.15, 0.2) is 6.61 Å². The van der Waals surface area contributed by atoms with Crippen LogP contribution >= 0.6 is 15.9 Å². The topological polar surface area (TPSA) is 58.6 Å². The van der Waals surface area contributed by atoms with Gasteiger partial charge in [-0.15, -0.1) is 0 Å². The summed E-state index contributed by atoms with van der Waals surface area (Å²) in [6.45, 7) is 3.81. The van der Waals surface area contributed by atoms with Crippen LogP contribution in [0.4, 0.5) is 4.39 Å². The molecule has 0 aliphatic heterocycles. The zero-order chi connectivity index (χ0) is 15.1. The molecule has 2 N–H and O–H groups in total. The van der Waals surface area contributed by atoms with E-state index < -0.39 is 0 Å². The molecule has 0 bridgehead atoms. The van der Waals surface area contributed by atoms with Crippen molar-refractivity contribution in [2.75, 3.05) is 13.2 Å². The maximum Gasteiger partial charge on any atom is 0.258 e. The third kappa shape index (κ3) is 5.46. The molecule has 0 saturated carbocycles. The third-order valence-corrected chi connectivity index (χ3v) is 3.46. The van der Waals surface area contributed by atoms with Gasteiger partial charge in [-0.05, 0) is 46.5 Å². The highest BCUT2D eigenvalue weighted by Gasteiger charge is 2.16. The number of halogens is 2. The van der Waals surface area contributed by atoms with Crippen LogP contribution in [0.15, 0.2) is 22.7 Å². The number of aliphatic hydroxyl groups excluding tert-OH is 1. The van der Waals surface area contributed by atoms with Crippen molar-refractivity contribution in [3.05, 3.63) is 28.5 Å². The van der Waals surface area contributed by atoms with Crippen molar-refractivity contribution in [1.82, 2.24) is 5.32 Å². The predicted molar refractivity (Wildman–Crippen MR) is 78.1 cm³/mol. The number of ether oxygens (including phenoxy) is 1. The third-order valence-electron chi connectivity index (χ3n) is 2.84. The van der Waals surface area contributed by atoms with Crippen LogP contribution in [0.3, 0.4) is 0 Å². The molecule has 4 nitrogen and oxygen atoms in total. The number of nitrogens with one attached hydrogen (secondary N) is 1. The zero-order valence-electron chi connectivity index (χ0n) is 11.5. The molecule has 20 heavy (non-hydrogen) atoms. The fourth-order valence-corrected chi connectivity index (χ4v) is 2.16. The average molecular weight is 348 g/mol. The maximum absolute atomic E-state index is 12.9. The lowest BCUT2D eigenvalue weighted by Gasteiger charge is -2.21. The number of benzene rings is 1. The highest BCUT2D eigenvalue weighted by atomic mass is 79.9. The highest BCUT2D eigenvalue weighted by Crippen LogP contribution is 2.25. The van der Waals surface area contributed by atoms with Gasteiger partial charge in [0.05, 0.1) is 4.47 Å². The zero-order valence-corrected chi connectivity index (χ0v) is 13.1. The minimum atomic E-state index is -0.378. The monoisotopic (exact) mass is 347 g/mol. The molecule has 0 aliphatic rings. The molecule has 1 rings (SSSR count). The number of carbonyl (C=O) groups excluding carboxylic acids is 1. The van der Waals surface area contributed by atoms with Gasteiger partial charge in [-0.2, -0.15) is 0 Å². The minimum Gasteiger partial charge on any atom is -0.483 e. The van der Waals surface area contributed by atoms with E-state index in [-0.39, 0.29) is 36.9 Å². The number of aliphatic hydroxyl groups is 1. The second-order valence-electron chi connectivity index (χ2n) is 4.79. The summed E-state index contributed by atoms with van der Waals surface area (Å²) in [4.78, 5) is 11.8. The second kappa shape index (κ2) is 8.21. The molecule has 0 spiro atoms. The van der Waals surface area contributed by atoms with E-state index >= 15 is 0 Å². The summed E-state index contributed by atoms with van der Waals surface area (Å²) in [5, 5.41) is 11.7. The van der Waals surface area contributed by atoms with E-state index in [1.54, 1.807) is 0 Å². The first-order valence-corrected chi connectivity index (χ1v) is 7.21. The van der Waals surface area contributed by atoms with Gasteiger partial charge >= 0.3 is 0 Å². The molecular formula is C14H19BrFNO3. The lowest BCUT2D eigenvalue weighted by molar-refractivity contribution is -0.124. The van der Waals surface area contributed by atoms with Crippen molar-refractivity contribution in [1.29, 1.82) is 0 Å². The molecular weight excluding hydrogens is 329 g/mol. The predicted octanol–water partition coefficient (Wildman–Crippen LogP) is 2.49. The van der Waals surface area contributed by atoms with Crippen molar-refractivity contribution in [3.8, 4) is 5.75 Å². The standard InChI is InChI=1S/C14H19BrFNO3/c1-9(2)12(5-6-18)17-14(19)8-20-13-4-3-10(16)7-11(13)15/h3-4,7,9,12,18H,5-6,8H2,1-2H3,(H,17,19). The molecule has 0 aromatic heterocycles. The molecule has 1 aromatic carbocycles. The van der Waals surface area contributed by atoms with E-state index in [2.05, 4.69) is 21.2 Å². The Morgan fingerprint density at radius 3 is 2.75 bits per heavy atom. The van der Waals surface area contributed by atoms with Crippen LogP contribution in [0.1, 0.15) is 20.3 Å². The van der Waals surface area contributed by atoms with Crippen LogP contribution in [0.5, 0.6) is 5.75 Å². The molecule has 0 heterocycles. The van der Waals surface area contributed by atoms with Crippen LogP contribution < -0.4 is 10.1 Å². The fourth-order valence-electron chi connectivity index (χ4n) is 1.70. The van der Waals surface area contributed by atoms with Gasteiger partial charge in [0, 0.05) is 12.6 Å². The number of hydrogen-bond donors (Lipinski definition) is 2. The fraction of sp³-hybridized carbons (Fsp3) is 0.500. The average Bonchev–Trinajstić information content (AvgIpc) is 2.37. The lowest BCUT2D eigenvalue weighted by atomic mass is 10.0. The molecule has 6 heteroatoms. The summed E-state index contributed by atoms with van der Waals surface area (Å²) in [5.74, 6) is -0.0154. The van der Waals surface area contributed by atoms with Crippen molar-refractivity contribution >= 4 is 21.8 Å². The molecule has 1 atom stereocenters. The Morgan fingerprint density at radius 1 is 1.50 bits per heavy atom. The van der Waals surface area contributed by atoms with E-state index in [1.165, 1.54) is 18.2 Å². The van der Waals surface area contributed by atoms with E-state index in [9.17, 15) is 9.18 Å². The lowest BCUT2D eigenvalue weighted by Crippen LogP contribution is -2.41. The number of amides is 1. The Balaban J connectivity index is 2.50. The SMILES string of the molecule is CC(C)C(CCO)NC(=O)COc1ccc(F)cc1Br. The molecule has 1 unspecified atom stereocenters. The first-order chi connectivity index (χ1) is 9.43. The molecule has 0 fully saturated rings. The first kappa shape index (κ1) is 16.9. The van der Waals surface area contributed by atoms with Crippen LogP contribution in [0.25, 0.3) is 0 Å². The molecule has 0 aliphatic carbocycles. The molecule has 0 radical (unpaired) electrons. The summed E-state index contributed by atoms with van der Waals surface area (Å²) in [6.07, 6.45) is 0.504. The van der Waals surface area contributed by atoms with Gasteiger partial charge in [-0.3, -0.25) is 4.79 Å². The molecule has 0 saturated heterocycles. The van der Waals surface area contributed by atoms with E-state index in [0.717, 1.165) is 0 Å². The van der Waals surface area contributed by atoms with Gasteiger partial charge in [-0.25, -0.2) is 4.39 Å². The second-order valence-corrected chi connectivity index (χ2v) is 5.65. The molecule has 1 amide bonds. The number of hydrogen-bond acceptors (Lipinski definition) is 3. The summed E-state index contributed by atoms with van der Waals surface area (Å²) in [7, 11) is 0. The van der Waals surface area contributed by atoms with Gasteiger partial charge in [0.2, 0.25) is 0 Å². The van der Waals surface area contributed by atoms with E-state index in [4.69, 9.17) is 9.84 Å². The van der Waals surface area contributed by atoms with E-state index in [1.807, 2.05) is 13.8 Å². The summed E-state index contributed by atoms with van der Waals surface area (Å²) in [6, 6.07) is 3.91. The minimum absolute atomic E-state index is 0.0213.